The third-order valence-corrected chi connectivity index (χ3v) is 9.09. The van der Waals surface area contributed by atoms with Crippen molar-refractivity contribution in [2.75, 3.05) is 18.4 Å². The number of hydrogen-bond acceptors (Lipinski definition) is 10. The van der Waals surface area contributed by atoms with E-state index in [1.807, 2.05) is 48.8 Å². The molecule has 0 spiro atoms. The summed E-state index contributed by atoms with van der Waals surface area (Å²) in [4.78, 5) is 31.7. The maximum Gasteiger partial charge on any atom is 0.157 e. The first-order chi connectivity index (χ1) is 27.9. The zero-order chi connectivity index (χ0) is 39.1. The molecule has 0 aliphatic heterocycles. The Morgan fingerprint density at radius 1 is 0.667 bits per heavy atom. The van der Waals surface area contributed by atoms with Crippen molar-refractivity contribution in [3.8, 4) is 22.5 Å². The second kappa shape index (κ2) is 16.7. The Bertz CT molecular complexity index is 2940. The first-order valence-electron chi connectivity index (χ1n) is 17.8. The lowest BCUT2D eigenvalue weighted by Crippen LogP contribution is -2.10. The topological polar surface area (TPSA) is 182 Å². The molecule has 5 N–H and O–H groups in total. The molecule has 0 aliphatic carbocycles. The second-order valence-corrected chi connectivity index (χ2v) is 13.0. The summed E-state index contributed by atoms with van der Waals surface area (Å²) in [5, 5.41) is 12.1. The van der Waals surface area contributed by atoms with Gasteiger partial charge in [0, 0.05) is 79.1 Å². The minimum absolute atomic E-state index is 0.394. The molecule has 57 heavy (non-hydrogen) atoms. The van der Waals surface area contributed by atoms with Crippen LogP contribution < -0.4 is 11.1 Å². The third kappa shape index (κ3) is 8.26. The summed E-state index contributed by atoms with van der Waals surface area (Å²) in [6.45, 7) is 1.35. The number of nitrogens with one attached hydrogen (secondary N) is 3. The molecule has 0 aliphatic rings. The molecular weight excluding hydrogens is 750 g/mol. The third-order valence-electron chi connectivity index (χ3n) is 8.82. The first-order valence-corrected chi connectivity index (χ1v) is 18.1. The van der Waals surface area contributed by atoms with E-state index in [-0.39, 0.29) is 0 Å². The molecule has 0 amide bonds. The number of nitrogens with zero attached hydrogens (tertiary/aromatic N) is 10. The summed E-state index contributed by atoms with van der Waals surface area (Å²) < 4.78 is 29.9. The van der Waals surface area contributed by atoms with E-state index in [0.717, 1.165) is 52.5 Å². The molecule has 0 unspecified atom stereocenters. The predicted molar refractivity (Wildman–Crippen MR) is 215 cm³/mol. The summed E-state index contributed by atoms with van der Waals surface area (Å²) in [6, 6.07) is 17.6. The fourth-order valence-corrected chi connectivity index (χ4v) is 6.43. The molecule has 0 fully saturated rings. The number of pyridine rings is 4. The molecule has 0 radical (unpaired) electrons. The van der Waals surface area contributed by atoms with E-state index in [1.54, 1.807) is 47.6 Å². The smallest absolute Gasteiger partial charge is 0.157 e. The summed E-state index contributed by atoms with van der Waals surface area (Å²) in [7, 11) is 0. The van der Waals surface area contributed by atoms with Crippen molar-refractivity contribution in [2.24, 2.45) is 5.73 Å². The van der Waals surface area contributed by atoms with Gasteiger partial charge in [-0.15, -0.1) is 0 Å². The fraction of sp³-hybridized carbons (Fsp3) is 0.100. The van der Waals surface area contributed by atoms with Crippen molar-refractivity contribution >= 4 is 50.8 Å². The van der Waals surface area contributed by atoms with E-state index >= 15 is 0 Å². The summed E-state index contributed by atoms with van der Waals surface area (Å²) >= 11 is 6.04. The van der Waals surface area contributed by atoms with Gasteiger partial charge in [0.25, 0.3) is 0 Å². The van der Waals surface area contributed by atoms with E-state index < -0.39 is 11.6 Å². The number of H-pyrrole nitrogens is 2. The number of hydrogen-bond donors (Lipinski definition) is 4. The van der Waals surface area contributed by atoms with Gasteiger partial charge in [-0.2, -0.15) is 14.7 Å². The molecule has 0 atom stereocenters. The first kappa shape index (κ1) is 36.8. The maximum absolute atomic E-state index is 13.6. The van der Waals surface area contributed by atoms with Gasteiger partial charge >= 0.3 is 0 Å². The van der Waals surface area contributed by atoms with E-state index in [2.05, 4.69) is 55.4 Å². The van der Waals surface area contributed by atoms with Crippen LogP contribution in [0.3, 0.4) is 0 Å². The van der Waals surface area contributed by atoms with Gasteiger partial charge in [0.15, 0.2) is 11.3 Å². The Balaban J connectivity index is 0.000000133. The van der Waals surface area contributed by atoms with Crippen LogP contribution in [0.15, 0.2) is 123 Å². The summed E-state index contributed by atoms with van der Waals surface area (Å²) in [5.74, 6) is -0.0232. The van der Waals surface area contributed by atoms with Crippen LogP contribution in [0.1, 0.15) is 11.1 Å². The zero-order valence-electron chi connectivity index (χ0n) is 30.1. The van der Waals surface area contributed by atoms with Crippen LogP contribution in [-0.2, 0) is 12.8 Å². The van der Waals surface area contributed by atoms with Crippen molar-refractivity contribution in [2.45, 2.75) is 12.8 Å². The average molecular weight is 783 g/mol. The number of rotatable bonds is 8. The molecule has 10 aromatic heterocycles. The highest BCUT2D eigenvalue weighted by Gasteiger charge is 2.11. The van der Waals surface area contributed by atoms with Gasteiger partial charge in [0.05, 0.1) is 58.2 Å². The molecule has 10 aromatic rings. The number of anilines is 1. The van der Waals surface area contributed by atoms with Gasteiger partial charge in [-0.1, -0.05) is 11.6 Å². The molecule has 0 aromatic carbocycles. The van der Waals surface area contributed by atoms with Crippen molar-refractivity contribution in [1.29, 1.82) is 0 Å². The Hall–Kier alpha value is -7.17. The van der Waals surface area contributed by atoms with E-state index in [0.29, 0.717) is 52.1 Å². The van der Waals surface area contributed by atoms with Crippen molar-refractivity contribution < 1.29 is 8.78 Å². The van der Waals surface area contributed by atoms with Crippen LogP contribution in [0.2, 0.25) is 5.15 Å². The number of aromatic amines is 2. The number of fused-ring (bicyclic) bond motifs is 4. The maximum atomic E-state index is 13.6. The van der Waals surface area contributed by atoms with Crippen LogP contribution in [0, 0.1) is 11.6 Å². The normalized spacial score (nSPS) is 11.1. The Kier molecular flexibility index (Phi) is 10.8. The lowest BCUT2D eigenvalue weighted by molar-refractivity contribution is 0.621. The molecular formula is C40H33ClF2N14. The standard InChI is InChI=1S/C20H16FN7.C11H6ClFN4.C9H11N3/c21-15-8-14(10-22-12-15)17-9-19(28-18(27-17)4-7-26-28)23-6-3-13-11-25-16-2-1-5-24-20(13)16;12-10-4-9(7-3-8(13)6-14-5-7)16-11-1-2-15-17(10)11;10-4-3-7-6-12-8-2-1-5-11-9(7)8/h1-2,4-5,7-12,23,25H,3,6H2;1-6H;1-2,5-6,12H,3-4,10H2. The van der Waals surface area contributed by atoms with Crippen LogP contribution in [0.5, 0.6) is 0 Å². The van der Waals surface area contributed by atoms with Crippen LogP contribution in [0.25, 0.3) is 55.9 Å². The molecule has 10 rings (SSSR count). The average Bonchev–Trinajstić information content (AvgIpc) is 4.06. The van der Waals surface area contributed by atoms with E-state index in [4.69, 9.17) is 17.3 Å². The SMILES string of the molecule is Fc1cncc(-c2cc(Cl)n3nccc3n2)c1.Fc1cncc(-c2cc(NCCc3c[nH]c4cccnc34)n3nccc3n2)c1.NCCc1c[nH]c2cccnc12. The van der Waals surface area contributed by atoms with Gasteiger partial charge in [0.2, 0.25) is 0 Å². The van der Waals surface area contributed by atoms with Gasteiger partial charge in [-0.3, -0.25) is 19.9 Å². The predicted octanol–water partition coefficient (Wildman–Crippen LogP) is 7.11. The zero-order valence-corrected chi connectivity index (χ0v) is 30.8. The van der Waals surface area contributed by atoms with Crippen LogP contribution >= 0.6 is 11.6 Å². The quantitative estimate of drug-likeness (QED) is 0.116. The second-order valence-electron chi connectivity index (χ2n) is 12.6. The molecule has 17 heteroatoms. The Morgan fingerprint density at radius 2 is 1.23 bits per heavy atom. The van der Waals surface area contributed by atoms with Gasteiger partial charge < -0.3 is 21.0 Å². The highest BCUT2D eigenvalue weighted by molar-refractivity contribution is 6.30. The number of halogens is 3. The van der Waals surface area contributed by atoms with Crippen LogP contribution in [-0.4, -0.2) is 72.2 Å². The molecule has 14 nitrogen and oxygen atoms in total. The fourth-order valence-electron chi connectivity index (χ4n) is 6.20. The summed E-state index contributed by atoms with van der Waals surface area (Å²) in [5.41, 5.74) is 15.6. The number of aromatic nitrogens is 12. The largest absolute Gasteiger partial charge is 0.370 e. The van der Waals surface area contributed by atoms with Crippen LogP contribution in [0.4, 0.5) is 14.6 Å². The van der Waals surface area contributed by atoms with Crippen molar-refractivity contribution in [1.82, 2.24) is 59.1 Å². The van der Waals surface area contributed by atoms with Crippen molar-refractivity contribution in [3.05, 3.63) is 151 Å². The highest BCUT2D eigenvalue weighted by atomic mass is 35.5. The summed E-state index contributed by atoms with van der Waals surface area (Å²) in [6.07, 6.45) is 18.0. The van der Waals surface area contributed by atoms with E-state index in [1.165, 1.54) is 34.6 Å². The van der Waals surface area contributed by atoms with Crippen molar-refractivity contribution in [3.63, 3.8) is 0 Å². The van der Waals surface area contributed by atoms with Gasteiger partial charge in [0.1, 0.15) is 22.6 Å². The highest BCUT2D eigenvalue weighted by Crippen LogP contribution is 2.24. The minimum Gasteiger partial charge on any atom is -0.370 e. The lowest BCUT2D eigenvalue weighted by Gasteiger charge is -2.10. The van der Waals surface area contributed by atoms with E-state index in [9.17, 15) is 8.78 Å². The van der Waals surface area contributed by atoms with Gasteiger partial charge in [-0.25, -0.2) is 23.3 Å². The van der Waals surface area contributed by atoms with Gasteiger partial charge in [-0.05, 0) is 66.9 Å². The molecule has 0 saturated carbocycles. The monoisotopic (exact) mass is 782 g/mol. The number of nitrogens with two attached hydrogens (primary N) is 1. The molecule has 10 heterocycles. The molecule has 0 saturated heterocycles. The molecule has 284 valence electrons. The Labute approximate surface area is 327 Å². The minimum atomic E-state index is -0.409. The molecule has 0 bridgehead atoms. The Morgan fingerprint density at radius 3 is 1.82 bits per heavy atom. The lowest BCUT2D eigenvalue weighted by atomic mass is 10.2.